The van der Waals surface area contributed by atoms with Crippen LogP contribution in [0.5, 0.6) is 0 Å². The standard InChI is InChI=1S/C25H54O3Si2/c1-15-16-22(28-30(19(2)3,20(4)5)21(6)7)25(11,12)23(17-18-26)27-29(13,14)24(8,9)10/h15-16,19-23,26H,17-18H2,1-14H3/b16-15+/t22-,23-/m0/s1. The maximum absolute atomic E-state index is 9.89. The molecule has 0 aromatic rings. The lowest BCUT2D eigenvalue weighted by Crippen LogP contribution is -2.56. The molecule has 180 valence electrons. The minimum Gasteiger partial charge on any atom is -0.413 e. The SMILES string of the molecule is C/C=C/[C@H](O[Si](C(C)C)(C(C)C)C(C)C)C(C)(C)[C@H](CCO)O[Si](C)(C)C(C)(C)C. The highest BCUT2D eigenvalue weighted by Gasteiger charge is 2.51. The zero-order chi connectivity index (χ0) is 24.1. The van der Waals surface area contributed by atoms with Crippen molar-refractivity contribution in [3.8, 4) is 0 Å². The van der Waals surface area contributed by atoms with Crippen molar-refractivity contribution in [2.45, 2.75) is 136 Å². The van der Waals surface area contributed by atoms with E-state index in [2.05, 4.69) is 108 Å². The lowest BCUT2D eigenvalue weighted by Gasteiger charge is -2.51. The van der Waals surface area contributed by atoms with Gasteiger partial charge in [-0.1, -0.05) is 88.3 Å². The van der Waals surface area contributed by atoms with Gasteiger partial charge < -0.3 is 14.0 Å². The summed E-state index contributed by atoms with van der Waals surface area (Å²) in [7, 11) is -4.05. The third-order valence-electron chi connectivity index (χ3n) is 7.60. The molecule has 0 aliphatic heterocycles. The van der Waals surface area contributed by atoms with Gasteiger partial charge in [-0.2, -0.15) is 0 Å². The number of hydrogen-bond donors (Lipinski definition) is 1. The second-order valence-electron chi connectivity index (χ2n) is 12.1. The molecule has 3 nitrogen and oxygen atoms in total. The van der Waals surface area contributed by atoms with Gasteiger partial charge in [0.05, 0.1) is 12.2 Å². The third kappa shape index (κ3) is 6.77. The van der Waals surface area contributed by atoms with E-state index >= 15 is 0 Å². The molecular weight excluding hydrogens is 404 g/mol. The molecule has 0 fully saturated rings. The summed E-state index contributed by atoms with van der Waals surface area (Å²) in [5.74, 6) is 0. The fourth-order valence-electron chi connectivity index (χ4n) is 4.66. The smallest absolute Gasteiger partial charge is 0.201 e. The van der Waals surface area contributed by atoms with E-state index in [1.165, 1.54) is 0 Å². The molecule has 0 rings (SSSR count). The summed E-state index contributed by atoms with van der Waals surface area (Å²) in [4.78, 5) is 0. The Morgan fingerprint density at radius 3 is 1.57 bits per heavy atom. The van der Waals surface area contributed by atoms with Crippen molar-refractivity contribution in [1.29, 1.82) is 0 Å². The quantitative estimate of drug-likeness (QED) is 0.238. The molecular formula is C25H54O3Si2. The molecule has 0 aliphatic carbocycles. The van der Waals surface area contributed by atoms with Crippen molar-refractivity contribution < 1.29 is 14.0 Å². The van der Waals surface area contributed by atoms with E-state index in [0.717, 1.165) is 0 Å². The number of allylic oxidation sites excluding steroid dienone is 1. The first-order valence-electron chi connectivity index (χ1n) is 12.0. The molecule has 30 heavy (non-hydrogen) atoms. The van der Waals surface area contributed by atoms with E-state index in [9.17, 15) is 5.11 Å². The lowest BCUT2D eigenvalue weighted by atomic mass is 9.79. The molecule has 0 amide bonds. The van der Waals surface area contributed by atoms with E-state index in [-0.39, 0.29) is 29.3 Å². The molecule has 5 heteroatoms. The van der Waals surface area contributed by atoms with Crippen molar-refractivity contribution in [1.82, 2.24) is 0 Å². The predicted molar refractivity (Wildman–Crippen MR) is 138 cm³/mol. The van der Waals surface area contributed by atoms with Gasteiger partial charge in [-0.3, -0.25) is 0 Å². The topological polar surface area (TPSA) is 38.7 Å². The first-order valence-corrected chi connectivity index (χ1v) is 17.1. The van der Waals surface area contributed by atoms with Crippen LogP contribution in [-0.2, 0) is 8.85 Å². The fraction of sp³-hybridized carbons (Fsp3) is 0.920. The molecule has 2 atom stereocenters. The minimum absolute atomic E-state index is 0.0392. The maximum atomic E-state index is 9.89. The Labute approximate surface area is 191 Å². The zero-order valence-corrected chi connectivity index (χ0v) is 24.7. The Balaban J connectivity index is 6.29. The summed E-state index contributed by atoms with van der Waals surface area (Å²) >= 11 is 0. The van der Waals surface area contributed by atoms with Gasteiger partial charge in [0.25, 0.3) is 0 Å². The van der Waals surface area contributed by atoms with Crippen LogP contribution in [0.3, 0.4) is 0 Å². The Bertz CT molecular complexity index is 509. The second-order valence-corrected chi connectivity index (χ2v) is 22.2. The number of aliphatic hydroxyl groups is 1. The van der Waals surface area contributed by atoms with E-state index in [0.29, 0.717) is 23.0 Å². The van der Waals surface area contributed by atoms with Crippen molar-refractivity contribution in [3.63, 3.8) is 0 Å². The Hall–Kier alpha value is 0.0538. The largest absolute Gasteiger partial charge is 0.413 e. The van der Waals surface area contributed by atoms with Crippen LogP contribution >= 0.6 is 0 Å². The molecule has 0 saturated heterocycles. The van der Waals surface area contributed by atoms with Gasteiger partial charge in [0, 0.05) is 12.0 Å². The minimum atomic E-state index is -2.06. The van der Waals surface area contributed by atoms with Crippen molar-refractivity contribution in [2.24, 2.45) is 5.41 Å². The summed E-state index contributed by atoms with van der Waals surface area (Å²) in [6.07, 6.45) is 4.89. The highest BCUT2D eigenvalue weighted by molar-refractivity contribution is 6.77. The van der Waals surface area contributed by atoms with Gasteiger partial charge in [0.1, 0.15) is 0 Å². The molecule has 0 aliphatic rings. The van der Waals surface area contributed by atoms with Crippen LogP contribution in [0.1, 0.15) is 89.5 Å². The maximum Gasteiger partial charge on any atom is 0.201 e. The van der Waals surface area contributed by atoms with E-state index in [1.54, 1.807) is 0 Å². The molecule has 0 radical (unpaired) electrons. The number of hydrogen-bond acceptors (Lipinski definition) is 3. The summed E-state index contributed by atoms with van der Waals surface area (Å²) in [6.45, 7) is 32.2. The van der Waals surface area contributed by atoms with Gasteiger partial charge in [0.15, 0.2) is 8.32 Å². The third-order valence-corrected chi connectivity index (χ3v) is 18.2. The van der Waals surface area contributed by atoms with Gasteiger partial charge in [-0.05, 0) is 48.1 Å². The van der Waals surface area contributed by atoms with Crippen LogP contribution in [0, 0.1) is 5.41 Å². The normalized spacial score (nSPS) is 16.9. The Morgan fingerprint density at radius 2 is 1.27 bits per heavy atom. The van der Waals surface area contributed by atoms with Crippen LogP contribution < -0.4 is 0 Å². The number of aliphatic hydroxyl groups excluding tert-OH is 1. The molecule has 1 N–H and O–H groups in total. The fourth-order valence-corrected chi connectivity index (χ4v) is 11.8. The highest BCUT2D eigenvalue weighted by atomic mass is 28.4. The first kappa shape index (κ1) is 30.1. The summed E-state index contributed by atoms with van der Waals surface area (Å²) in [6, 6.07) is 0. The average molecular weight is 459 g/mol. The second kappa shape index (κ2) is 11.3. The van der Waals surface area contributed by atoms with Gasteiger partial charge >= 0.3 is 0 Å². The van der Waals surface area contributed by atoms with Crippen LogP contribution in [-0.4, -0.2) is 40.6 Å². The zero-order valence-electron chi connectivity index (χ0n) is 22.7. The summed E-state index contributed by atoms with van der Waals surface area (Å²) in [5.41, 5.74) is 1.33. The lowest BCUT2D eigenvalue weighted by molar-refractivity contribution is -0.0247. The monoisotopic (exact) mass is 458 g/mol. The summed E-state index contributed by atoms with van der Waals surface area (Å²) in [5, 5.41) is 10.0. The molecule has 0 aromatic heterocycles. The van der Waals surface area contributed by atoms with Crippen molar-refractivity contribution >= 4 is 16.6 Å². The Kier molecular flexibility index (Phi) is 11.3. The Morgan fingerprint density at radius 1 is 0.833 bits per heavy atom. The van der Waals surface area contributed by atoms with Crippen molar-refractivity contribution in [3.05, 3.63) is 12.2 Å². The number of rotatable bonds is 12. The molecule has 0 spiro atoms. The van der Waals surface area contributed by atoms with Gasteiger partial charge in [-0.15, -0.1) is 0 Å². The van der Waals surface area contributed by atoms with Gasteiger partial charge in [-0.25, -0.2) is 0 Å². The van der Waals surface area contributed by atoms with E-state index in [4.69, 9.17) is 8.85 Å². The molecule has 0 bridgehead atoms. The van der Waals surface area contributed by atoms with Crippen LogP contribution in [0.15, 0.2) is 12.2 Å². The first-order chi connectivity index (χ1) is 13.4. The van der Waals surface area contributed by atoms with E-state index < -0.39 is 16.6 Å². The highest BCUT2D eigenvalue weighted by Crippen LogP contribution is 2.47. The van der Waals surface area contributed by atoms with Crippen LogP contribution in [0.4, 0.5) is 0 Å². The van der Waals surface area contributed by atoms with Crippen LogP contribution in [0.25, 0.3) is 0 Å². The van der Waals surface area contributed by atoms with E-state index in [1.807, 2.05) is 0 Å². The van der Waals surface area contributed by atoms with Gasteiger partial charge in [0.2, 0.25) is 8.32 Å². The molecule has 0 saturated carbocycles. The summed E-state index contributed by atoms with van der Waals surface area (Å²) < 4.78 is 14.2. The van der Waals surface area contributed by atoms with Crippen LogP contribution in [0.2, 0.25) is 34.8 Å². The molecule has 0 aromatic carbocycles. The average Bonchev–Trinajstić information content (AvgIpc) is 2.55. The predicted octanol–water partition coefficient (Wildman–Crippen LogP) is 7.92. The molecule has 0 heterocycles. The molecule has 0 unspecified atom stereocenters. The van der Waals surface area contributed by atoms with Crippen molar-refractivity contribution in [2.75, 3.05) is 6.61 Å².